The first-order valence-electron chi connectivity index (χ1n) is 7.25. The Hall–Kier alpha value is -2.13. The Bertz CT molecular complexity index is 581. The van der Waals surface area contributed by atoms with E-state index in [1.807, 2.05) is 18.2 Å². The van der Waals surface area contributed by atoms with Gasteiger partial charge in [-0.05, 0) is 37.0 Å². The van der Waals surface area contributed by atoms with Gasteiger partial charge in [0, 0.05) is 12.6 Å². The number of hydrogen-bond donors (Lipinski definition) is 2. The van der Waals surface area contributed by atoms with E-state index in [-0.39, 0.29) is 0 Å². The number of carboxylic acid groups (broad SMARTS) is 1. The summed E-state index contributed by atoms with van der Waals surface area (Å²) in [5, 5.41) is 12.6. The molecular weight excluding hydrogens is 262 g/mol. The first kappa shape index (κ1) is 15.3. The van der Waals surface area contributed by atoms with Crippen molar-refractivity contribution in [1.82, 2.24) is 5.32 Å². The summed E-state index contributed by atoms with van der Waals surface area (Å²) in [4.78, 5) is 11.1. The van der Waals surface area contributed by atoms with Gasteiger partial charge in [0.2, 0.25) is 0 Å². The molecule has 3 heteroatoms. The molecule has 0 aromatic heterocycles. The zero-order valence-corrected chi connectivity index (χ0v) is 12.3. The summed E-state index contributed by atoms with van der Waals surface area (Å²) in [7, 11) is 0. The molecule has 1 unspecified atom stereocenters. The molecule has 1 atom stereocenters. The van der Waals surface area contributed by atoms with Gasteiger partial charge in [-0.25, -0.2) is 4.79 Å². The van der Waals surface area contributed by atoms with Gasteiger partial charge in [-0.15, -0.1) is 0 Å². The average Bonchev–Trinajstić information content (AvgIpc) is 2.52. The molecule has 2 aromatic rings. The van der Waals surface area contributed by atoms with E-state index in [0.29, 0.717) is 18.2 Å². The molecule has 0 spiro atoms. The summed E-state index contributed by atoms with van der Waals surface area (Å²) in [6.45, 7) is 2.71. The van der Waals surface area contributed by atoms with Crippen LogP contribution in [0, 0.1) is 0 Å². The molecule has 0 heterocycles. The third-order valence-electron chi connectivity index (χ3n) is 3.60. The maximum Gasteiger partial charge on any atom is 0.336 e. The van der Waals surface area contributed by atoms with Crippen LogP contribution in [0.25, 0.3) is 0 Å². The molecule has 0 amide bonds. The third-order valence-corrected chi connectivity index (χ3v) is 3.60. The van der Waals surface area contributed by atoms with E-state index in [9.17, 15) is 4.79 Å². The first-order valence-corrected chi connectivity index (χ1v) is 7.25. The molecule has 0 aliphatic carbocycles. The molecule has 0 bridgehead atoms. The fourth-order valence-electron chi connectivity index (χ4n) is 2.30. The zero-order valence-electron chi connectivity index (χ0n) is 12.3. The zero-order chi connectivity index (χ0) is 15.1. The van der Waals surface area contributed by atoms with Crippen LogP contribution < -0.4 is 5.32 Å². The Morgan fingerprint density at radius 2 is 1.76 bits per heavy atom. The summed E-state index contributed by atoms with van der Waals surface area (Å²) in [5.74, 6) is -0.871. The van der Waals surface area contributed by atoms with Crippen LogP contribution in [0.1, 0.15) is 34.8 Å². The Labute approximate surface area is 125 Å². The second-order valence-electron chi connectivity index (χ2n) is 5.27. The molecule has 0 radical (unpaired) electrons. The largest absolute Gasteiger partial charge is 0.478 e. The van der Waals surface area contributed by atoms with E-state index in [4.69, 9.17) is 5.11 Å². The Balaban J connectivity index is 1.84. The lowest BCUT2D eigenvalue weighted by Gasteiger charge is -2.15. The van der Waals surface area contributed by atoms with Gasteiger partial charge in [-0.3, -0.25) is 0 Å². The Morgan fingerprint density at radius 1 is 1.10 bits per heavy atom. The van der Waals surface area contributed by atoms with Crippen LogP contribution in [0.3, 0.4) is 0 Å². The minimum Gasteiger partial charge on any atom is -0.478 e. The van der Waals surface area contributed by atoms with Gasteiger partial charge in [0.15, 0.2) is 0 Å². The number of nitrogens with one attached hydrogen (secondary N) is 1. The van der Waals surface area contributed by atoms with E-state index >= 15 is 0 Å². The number of aryl methyl sites for hydroxylation is 1. The fraction of sp³-hybridized carbons (Fsp3) is 0.278. The Morgan fingerprint density at radius 3 is 2.48 bits per heavy atom. The highest BCUT2D eigenvalue weighted by molar-refractivity contribution is 5.89. The normalized spacial score (nSPS) is 12.0. The number of rotatable bonds is 7. The van der Waals surface area contributed by atoms with Crippen molar-refractivity contribution in [3.8, 4) is 0 Å². The van der Waals surface area contributed by atoms with E-state index in [1.54, 1.807) is 12.1 Å². The molecule has 3 nitrogen and oxygen atoms in total. The van der Waals surface area contributed by atoms with Crippen molar-refractivity contribution >= 4 is 5.97 Å². The van der Waals surface area contributed by atoms with Gasteiger partial charge >= 0.3 is 5.97 Å². The van der Waals surface area contributed by atoms with Crippen LogP contribution in [-0.2, 0) is 13.0 Å². The second-order valence-corrected chi connectivity index (χ2v) is 5.27. The van der Waals surface area contributed by atoms with Crippen molar-refractivity contribution in [3.63, 3.8) is 0 Å². The minimum atomic E-state index is -0.871. The van der Waals surface area contributed by atoms with E-state index in [0.717, 1.165) is 18.4 Å². The summed E-state index contributed by atoms with van der Waals surface area (Å²) in [6, 6.07) is 17.9. The molecule has 0 aliphatic rings. The van der Waals surface area contributed by atoms with Gasteiger partial charge in [0.1, 0.15) is 0 Å². The second kappa shape index (κ2) is 7.60. The maximum atomic E-state index is 11.1. The lowest BCUT2D eigenvalue weighted by molar-refractivity contribution is 0.0695. The molecule has 0 fully saturated rings. The number of aromatic carboxylic acids is 1. The minimum absolute atomic E-state index is 0.340. The number of hydrogen-bond acceptors (Lipinski definition) is 2. The van der Waals surface area contributed by atoms with Gasteiger partial charge in [-0.1, -0.05) is 48.5 Å². The van der Waals surface area contributed by atoms with Gasteiger partial charge in [0.05, 0.1) is 5.56 Å². The van der Waals surface area contributed by atoms with Gasteiger partial charge in [-0.2, -0.15) is 0 Å². The van der Waals surface area contributed by atoms with Crippen LogP contribution in [0.15, 0.2) is 54.6 Å². The number of benzene rings is 2. The van der Waals surface area contributed by atoms with Crippen LogP contribution in [0.4, 0.5) is 0 Å². The number of carbonyl (C=O) groups is 1. The molecule has 0 aliphatic heterocycles. The van der Waals surface area contributed by atoms with Crippen molar-refractivity contribution in [1.29, 1.82) is 0 Å². The fourth-order valence-corrected chi connectivity index (χ4v) is 2.30. The highest BCUT2D eigenvalue weighted by Crippen LogP contribution is 2.10. The standard InChI is InChI=1S/C18H21NO2/c1-14(11-12-15-7-3-2-4-8-15)19-13-16-9-5-6-10-17(16)18(20)21/h2-10,14,19H,11-13H2,1H3,(H,20,21). The molecule has 2 aromatic carbocycles. The topological polar surface area (TPSA) is 49.3 Å². The van der Waals surface area contributed by atoms with Crippen molar-refractivity contribution in [2.75, 3.05) is 0 Å². The predicted molar refractivity (Wildman–Crippen MR) is 84.5 cm³/mol. The van der Waals surface area contributed by atoms with Crippen molar-refractivity contribution < 1.29 is 9.90 Å². The first-order chi connectivity index (χ1) is 10.2. The smallest absolute Gasteiger partial charge is 0.336 e. The Kier molecular flexibility index (Phi) is 5.52. The molecule has 0 saturated carbocycles. The summed E-state index contributed by atoms with van der Waals surface area (Å²) in [5.41, 5.74) is 2.54. The highest BCUT2D eigenvalue weighted by atomic mass is 16.4. The highest BCUT2D eigenvalue weighted by Gasteiger charge is 2.09. The van der Waals surface area contributed by atoms with E-state index < -0.39 is 5.97 Å². The monoisotopic (exact) mass is 283 g/mol. The molecule has 0 saturated heterocycles. The van der Waals surface area contributed by atoms with E-state index in [2.05, 4.69) is 36.5 Å². The van der Waals surface area contributed by atoms with Crippen LogP contribution >= 0.6 is 0 Å². The molecule has 21 heavy (non-hydrogen) atoms. The summed E-state index contributed by atoms with van der Waals surface area (Å²) < 4.78 is 0. The lowest BCUT2D eigenvalue weighted by Crippen LogP contribution is -2.26. The third kappa shape index (κ3) is 4.72. The SMILES string of the molecule is CC(CCc1ccccc1)NCc1ccccc1C(=O)O. The molecule has 2 N–H and O–H groups in total. The predicted octanol–water partition coefficient (Wildman–Crippen LogP) is 3.50. The quantitative estimate of drug-likeness (QED) is 0.817. The van der Waals surface area contributed by atoms with Crippen molar-refractivity contribution in [3.05, 3.63) is 71.3 Å². The average molecular weight is 283 g/mol. The van der Waals surface area contributed by atoms with Gasteiger partial charge < -0.3 is 10.4 Å². The van der Waals surface area contributed by atoms with Crippen LogP contribution in [0.2, 0.25) is 0 Å². The maximum absolute atomic E-state index is 11.1. The molecule has 110 valence electrons. The van der Waals surface area contributed by atoms with Crippen molar-refractivity contribution in [2.24, 2.45) is 0 Å². The van der Waals surface area contributed by atoms with Crippen molar-refractivity contribution in [2.45, 2.75) is 32.4 Å². The number of carboxylic acids is 1. The van der Waals surface area contributed by atoms with E-state index in [1.165, 1.54) is 5.56 Å². The lowest BCUT2D eigenvalue weighted by atomic mass is 10.0. The molecular formula is C18H21NO2. The molecule has 2 rings (SSSR count). The van der Waals surface area contributed by atoms with Crippen LogP contribution in [0.5, 0.6) is 0 Å². The summed E-state index contributed by atoms with van der Waals surface area (Å²) in [6.07, 6.45) is 2.05. The van der Waals surface area contributed by atoms with Crippen LogP contribution in [-0.4, -0.2) is 17.1 Å². The summed E-state index contributed by atoms with van der Waals surface area (Å²) >= 11 is 0. The van der Waals surface area contributed by atoms with Gasteiger partial charge in [0.25, 0.3) is 0 Å².